The van der Waals surface area contributed by atoms with Crippen molar-refractivity contribution in [1.29, 1.82) is 0 Å². The van der Waals surface area contributed by atoms with E-state index in [0.29, 0.717) is 0 Å². The minimum atomic E-state index is 0.965. The molecule has 0 aliphatic heterocycles. The molecule has 1 nitrogen and oxygen atoms in total. The first-order valence-electron chi connectivity index (χ1n) is 2.95. The first kappa shape index (κ1) is 7.93. The van der Waals surface area contributed by atoms with Crippen molar-refractivity contribution in [1.82, 2.24) is 0 Å². The van der Waals surface area contributed by atoms with Crippen molar-refractivity contribution >= 4 is 6.21 Å². The average molecular weight is 121 g/mol. The molecule has 0 saturated heterocycles. The third kappa shape index (κ3) is 6.93. The number of allylic oxidation sites excluding steroid dienone is 2. The molecule has 9 heavy (non-hydrogen) atoms. The second kappa shape index (κ2) is 6.93. The lowest BCUT2D eigenvalue weighted by Gasteiger charge is -1.69. The normalized spacial score (nSPS) is 8.56. The van der Waals surface area contributed by atoms with Gasteiger partial charge in [0.25, 0.3) is 0 Å². The van der Waals surface area contributed by atoms with Gasteiger partial charge in [0, 0.05) is 6.21 Å². The largest absolute Gasteiger partial charge is 0.261 e. The first-order chi connectivity index (χ1) is 4.41. The predicted octanol–water partition coefficient (Wildman–Crippen LogP) is 2.32. The van der Waals surface area contributed by atoms with Crippen LogP contribution in [0.1, 0.15) is 13.3 Å². The summed E-state index contributed by atoms with van der Waals surface area (Å²) in [5, 5.41) is 0. The Kier molecular flexibility index (Phi) is 6.11. The van der Waals surface area contributed by atoms with E-state index in [-0.39, 0.29) is 0 Å². The fourth-order valence-corrected chi connectivity index (χ4v) is 0.312. The van der Waals surface area contributed by atoms with Crippen molar-refractivity contribution in [3.8, 4) is 0 Å². The van der Waals surface area contributed by atoms with E-state index in [4.69, 9.17) is 0 Å². The molecule has 0 bridgehead atoms. The van der Waals surface area contributed by atoms with Gasteiger partial charge >= 0.3 is 0 Å². The summed E-state index contributed by atoms with van der Waals surface area (Å²) in [7, 11) is 0. The number of hydrogen-bond acceptors (Lipinski definition) is 1. The molecule has 0 heterocycles. The molecular weight excluding hydrogens is 110 g/mol. The molecule has 1 heteroatoms. The highest BCUT2D eigenvalue weighted by Gasteiger charge is 1.58. The standard InChI is InChI=1S/C8H11N/c1-3-5-6-8-9-7-4-2/h3,5,7-8H,1,4H2,2H3. The zero-order valence-electron chi connectivity index (χ0n) is 5.67. The maximum atomic E-state index is 3.89. The predicted molar refractivity (Wildman–Crippen MR) is 41.6 cm³/mol. The maximum absolute atomic E-state index is 3.89. The van der Waals surface area contributed by atoms with Crippen molar-refractivity contribution in [2.45, 2.75) is 13.3 Å². The summed E-state index contributed by atoms with van der Waals surface area (Å²) < 4.78 is 0. The molecule has 0 aliphatic carbocycles. The van der Waals surface area contributed by atoms with Gasteiger partial charge in [-0.05, 0) is 12.5 Å². The molecule has 0 fully saturated rings. The van der Waals surface area contributed by atoms with Crippen LogP contribution in [0.5, 0.6) is 0 Å². The highest BCUT2D eigenvalue weighted by Crippen LogP contribution is 1.72. The van der Waals surface area contributed by atoms with Gasteiger partial charge < -0.3 is 0 Å². The second-order valence-electron chi connectivity index (χ2n) is 1.44. The minimum absolute atomic E-state index is 0.965. The Balaban J connectivity index is 3.58. The summed E-state index contributed by atoms with van der Waals surface area (Å²) >= 11 is 0. The highest BCUT2D eigenvalue weighted by atomic mass is 14.6. The Morgan fingerprint density at radius 2 is 2.44 bits per heavy atom. The molecule has 0 saturated carbocycles. The number of aliphatic imine (C=N–C) groups is 1. The Morgan fingerprint density at radius 1 is 1.67 bits per heavy atom. The molecule has 0 aromatic rings. The number of nitrogens with zero attached hydrogens (tertiary/aromatic N) is 1. The van der Waals surface area contributed by atoms with Crippen LogP contribution in [0, 0.1) is 0 Å². The summed E-state index contributed by atoms with van der Waals surface area (Å²) in [4.78, 5) is 3.89. The molecule has 0 aliphatic rings. The van der Waals surface area contributed by atoms with Crippen LogP contribution in [0.2, 0.25) is 0 Å². The Labute approximate surface area is 56.1 Å². The van der Waals surface area contributed by atoms with Crippen LogP contribution in [-0.2, 0) is 0 Å². The van der Waals surface area contributed by atoms with E-state index in [0.717, 1.165) is 6.42 Å². The molecule has 0 radical (unpaired) electrons. The monoisotopic (exact) mass is 121 g/mol. The van der Waals surface area contributed by atoms with E-state index < -0.39 is 0 Å². The number of hydrogen-bond donors (Lipinski definition) is 0. The van der Waals surface area contributed by atoms with E-state index in [1.807, 2.05) is 13.1 Å². The van der Waals surface area contributed by atoms with Crippen LogP contribution in [0.4, 0.5) is 0 Å². The Bertz CT molecular complexity index is 148. The zero-order valence-corrected chi connectivity index (χ0v) is 5.67. The Morgan fingerprint density at radius 3 is 3.00 bits per heavy atom. The van der Waals surface area contributed by atoms with Gasteiger partial charge in [0.05, 0.1) is 6.20 Å². The van der Waals surface area contributed by atoms with Crippen LogP contribution in [-0.4, -0.2) is 6.21 Å². The molecule has 0 N–H and O–H groups in total. The smallest absolute Gasteiger partial charge is 0.0682 e. The zero-order chi connectivity index (χ0) is 6.95. The summed E-state index contributed by atoms with van der Waals surface area (Å²) in [5.41, 5.74) is 2.80. The lowest BCUT2D eigenvalue weighted by Crippen LogP contribution is -1.60. The van der Waals surface area contributed by atoms with Crippen LogP contribution in [0.25, 0.3) is 0 Å². The molecule has 0 amide bonds. The molecule has 0 aromatic carbocycles. The molecular formula is C8H11N. The van der Waals surface area contributed by atoms with Crippen LogP contribution < -0.4 is 0 Å². The minimum Gasteiger partial charge on any atom is -0.261 e. The van der Waals surface area contributed by atoms with Crippen LogP contribution >= 0.6 is 0 Å². The quantitative estimate of drug-likeness (QED) is 0.308. The van der Waals surface area contributed by atoms with Crippen molar-refractivity contribution in [3.63, 3.8) is 0 Å². The highest BCUT2D eigenvalue weighted by molar-refractivity contribution is 5.57. The van der Waals surface area contributed by atoms with Gasteiger partial charge in [-0.1, -0.05) is 19.6 Å². The van der Waals surface area contributed by atoms with Crippen LogP contribution in [0.15, 0.2) is 35.7 Å². The average Bonchev–Trinajstić information content (AvgIpc) is 1.89. The van der Waals surface area contributed by atoms with Crippen molar-refractivity contribution in [2.75, 3.05) is 0 Å². The summed E-state index contributed by atoms with van der Waals surface area (Å²) in [6.45, 7) is 5.52. The van der Waals surface area contributed by atoms with Crippen molar-refractivity contribution in [3.05, 3.63) is 30.7 Å². The van der Waals surface area contributed by atoms with E-state index in [1.54, 1.807) is 18.4 Å². The van der Waals surface area contributed by atoms with Gasteiger partial charge in [-0.2, -0.15) is 0 Å². The Hall–Kier alpha value is -1.07. The van der Waals surface area contributed by atoms with Gasteiger partial charge in [-0.25, -0.2) is 0 Å². The molecule has 0 rings (SSSR count). The van der Waals surface area contributed by atoms with E-state index in [2.05, 4.69) is 17.3 Å². The molecule has 48 valence electrons. The summed E-state index contributed by atoms with van der Waals surface area (Å²) in [6, 6.07) is 0. The fraction of sp³-hybridized carbons (Fsp3) is 0.250. The molecule has 0 aromatic heterocycles. The van der Waals surface area contributed by atoms with E-state index in [1.165, 1.54) is 0 Å². The SMILES string of the molecule is C=CC=C=CN=CCC. The lowest BCUT2D eigenvalue weighted by atomic mass is 10.5. The third-order valence-electron chi connectivity index (χ3n) is 0.651. The van der Waals surface area contributed by atoms with Gasteiger partial charge in [-0.15, -0.1) is 5.73 Å². The summed E-state index contributed by atoms with van der Waals surface area (Å²) in [6.07, 6.45) is 7.78. The van der Waals surface area contributed by atoms with Gasteiger partial charge in [0.1, 0.15) is 0 Å². The second-order valence-corrected chi connectivity index (χ2v) is 1.44. The topological polar surface area (TPSA) is 12.4 Å². The number of rotatable bonds is 3. The van der Waals surface area contributed by atoms with E-state index >= 15 is 0 Å². The van der Waals surface area contributed by atoms with Crippen molar-refractivity contribution < 1.29 is 0 Å². The van der Waals surface area contributed by atoms with E-state index in [9.17, 15) is 0 Å². The van der Waals surface area contributed by atoms with Gasteiger partial charge in [0.2, 0.25) is 0 Å². The molecule has 0 atom stereocenters. The van der Waals surface area contributed by atoms with Crippen LogP contribution in [0.3, 0.4) is 0 Å². The maximum Gasteiger partial charge on any atom is 0.0682 e. The third-order valence-corrected chi connectivity index (χ3v) is 0.651. The molecule has 0 spiro atoms. The molecule has 0 unspecified atom stereocenters. The fourth-order valence-electron chi connectivity index (χ4n) is 0.312. The lowest BCUT2D eigenvalue weighted by molar-refractivity contribution is 1.31. The summed E-state index contributed by atoms with van der Waals surface area (Å²) in [5.74, 6) is 0. The van der Waals surface area contributed by atoms with Gasteiger partial charge in [0.15, 0.2) is 0 Å². The van der Waals surface area contributed by atoms with Gasteiger partial charge in [-0.3, -0.25) is 4.99 Å². The van der Waals surface area contributed by atoms with Crippen molar-refractivity contribution in [2.24, 2.45) is 4.99 Å². The first-order valence-corrected chi connectivity index (χ1v) is 2.95.